The average molecular weight is 270 g/mol. The monoisotopic (exact) mass is 269 g/mol. The largest absolute Gasteiger partial charge is 0.304 e. The molecule has 0 aromatic heterocycles. The minimum absolute atomic E-state index is 0.170. The smallest absolute Gasteiger partial charge is 0.299 e. The van der Waals surface area contributed by atoms with Crippen molar-refractivity contribution in [1.82, 2.24) is 0 Å². The second-order valence-corrected chi connectivity index (χ2v) is 4.68. The molecule has 96 valence electrons. The number of aryl methyl sites for hydroxylation is 1. The van der Waals surface area contributed by atoms with Crippen LogP contribution in [0.25, 0.3) is 0 Å². The van der Waals surface area contributed by atoms with E-state index in [4.69, 9.17) is 11.6 Å². The first-order valence-electron chi connectivity index (χ1n) is 5.78. The molecule has 1 aliphatic rings. The molecule has 0 atom stereocenters. The number of carbonyl (C=O) groups is 2. The van der Waals surface area contributed by atoms with Crippen LogP contribution in [0.3, 0.4) is 0 Å². The van der Waals surface area contributed by atoms with Crippen molar-refractivity contribution in [3.8, 4) is 0 Å². The van der Waals surface area contributed by atoms with E-state index in [0.29, 0.717) is 23.7 Å². The number of halogens is 2. The highest BCUT2D eigenvalue weighted by atomic mass is 35.5. The van der Waals surface area contributed by atoms with Crippen molar-refractivity contribution in [1.29, 1.82) is 0 Å². The second kappa shape index (κ2) is 5.06. The lowest BCUT2D eigenvalue weighted by Crippen LogP contribution is -2.31. The van der Waals surface area contributed by atoms with Gasteiger partial charge in [-0.1, -0.05) is 0 Å². The van der Waals surface area contributed by atoms with Gasteiger partial charge in [0, 0.05) is 12.4 Å². The van der Waals surface area contributed by atoms with Crippen molar-refractivity contribution in [3.63, 3.8) is 0 Å². The fourth-order valence-corrected chi connectivity index (χ4v) is 2.37. The van der Waals surface area contributed by atoms with E-state index in [1.165, 1.54) is 11.0 Å². The van der Waals surface area contributed by atoms with Crippen molar-refractivity contribution in [2.24, 2.45) is 0 Å². The van der Waals surface area contributed by atoms with E-state index in [0.717, 1.165) is 18.9 Å². The molecule has 1 aromatic carbocycles. The number of hydrogen-bond donors (Lipinski definition) is 0. The molecule has 0 bridgehead atoms. The Hall–Kier alpha value is -1.42. The van der Waals surface area contributed by atoms with E-state index in [2.05, 4.69) is 0 Å². The zero-order valence-electron chi connectivity index (χ0n) is 10.0. The Morgan fingerprint density at radius 3 is 2.67 bits per heavy atom. The molecule has 0 radical (unpaired) electrons. The Bertz CT molecular complexity index is 516. The number of Topliss-reactive ketones (excluding diaryl/α,β-unsaturated/α-hetero) is 1. The summed E-state index contributed by atoms with van der Waals surface area (Å²) in [5, 5.41) is 0. The molecule has 1 heterocycles. The summed E-state index contributed by atoms with van der Waals surface area (Å²) in [6, 6.07) is 2.46. The SMILES string of the molecule is Cc1cc(F)cc2c1N(CCCCCl)C(=O)C2=O. The van der Waals surface area contributed by atoms with Gasteiger partial charge in [0.1, 0.15) is 5.82 Å². The van der Waals surface area contributed by atoms with Gasteiger partial charge in [-0.25, -0.2) is 4.39 Å². The number of amides is 1. The minimum atomic E-state index is -0.626. The molecule has 5 heteroatoms. The van der Waals surface area contributed by atoms with Crippen LogP contribution in [0, 0.1) is 12.7 Å². The zero-order valence-corrected chi connectivity index (χ0v) is 10.8. The fraction of sp³-hybridized carbons (Fsp3) is 0.385. The molecule has 0 spiro atoms. The molecule has 0 saturated carbocycles. The average Bonchev–Trinajstić information content (AvgIpc) is 2.55. The molecule has 1 aliphatic heterocycles. The number of carbonyl (C=O) groups excluding carboxylic acids is 2. The van der Waals surface area contributed by atoms with Gasteiger partial charge < -0.3 is 4.90 Å². The van der Waals surface area contributed by atoms with Crippen LogP contribution in [0.5, 0.6) is 0 Å². The van der Waals surface area contributed by atoms with E-state index < -0.39 is 17.5 Å². The quantitative estimate of drug-likeness (QED) is 0.479. The summed E-state index contributed by atoms with van der Waals surface area (Å²) in [4.78, 5) is 25.0. The molecule has 0 unspecified atom stereocenters. The number of fused-ring (bicyclic) bond motifs is 1. The van der Waals surface area contributed by atoms with Gasteiger partial charge in [0.15, 0.2) is 0 Å². The second-order valence-electron chi connectivity index (χ2n) is 4.30. The van der Waals surface area contributed by atoms with Gasteiger partial charge in [-0.3, -0.25) is 9.59 Å². The minimum Gasteiger partial charge on any atom is -0.304 e. The predicted octanol–water partition coefficient (Wildman–Crippen LogP) is 2.68. The summed E-state index contributed by atoms with van der Waals surface area (Å²) in [6.45, 7) is 2.14. The Kier molecular flexibility index (Phi) is 3.66. The highest BCUT2D eigenvalue weighted by molar-refractivity contribution is 6.52. The summed E-state index contributed by atoms with van der Waals surface area (Å²) in [5.74, 6) is -1.17. The highest BCUT2D eigenvalue weighted by Crippen LogP contribution is 2.33. The number of ketones is 1. The lowest BCUT2D eigenvalue weighted by Gasteiger charge is -2.18. The summed E-state index contributed by atoms with van der Waals surface area (Å²) in [7, 11) is 0. The number of benzene rings is 1. The standard InChI is InChI=1S/C13H13ClFNO2/c1-8-6-9(15)7-10-11(8)16(5-3-2-4-14)13(18)12(10)17/h6-7H,2-5H2,1H3. The third kappa shape index (κ3) is 2.12. The lowest BCUT2D eigenvalue weighted by molar-refractivity contribution is -0.114. The summed E-state index contributed by atoms with van der Waals surface area (Å²) in [5.41, 5.74) is 1.32. The van der Waals surface area contributed by atoms with Crippen LogP contribution < -0.4 is 4.90 Å². The highest BCUT2D eigenvalue weighted by Gasteiger charge is 2.36. The maximum Gasteiger partial charge on any atom is 0.299 e. The van der Waals surface area contributed by atoms with Gasteiger partial charge >= 0.3 is 0 Å². The van der Waals surface area contributed by atoms with Gasteiger partial charge in [-0.05, 0) is 37.5 Å². The van der Waals surface area contributed by atoms with Gasteiger partial charge in [0.05, 0.1) is 11.3 Å². The Morgan fingerprint density at radius 1 is 1.28 bits per heavy atom. The molecular formula is C13H13ClFNO2. The molecule has 1 amide bonds. The van der Waals surface area contributed by atoms with Crippen LogP contribution in [-0.2, 0) is 4.79 Å². The third-order valence-electron chi connectivity index (χ3n) is 2.98. The van der Waals surface area contributed by atoms with Gasteiger partial charge in [0.25, 0.3) is 11.7 Å². The number of hydrogen-bond acceptors (Lipinski definition) is 2. The molecule has 3 nitrogen and oxygen atoms in total. The summed E-state index contributed by atoms with van der Waals surface area (Å²) >= 11 is 5.58. The number of anilines is 1. The first-order valence-corrected chi connectivity index (χ1v) is 6.32. The molecule has 18 heavy (non-hydrogen) atoms. The van der Waals surface area contributed by atoms with Crippen LogP contribution >= 0.6 is 11.6 Å². The maximum atomic E-state index is 13.3. The molecule has 2 rings (SSSR count). The Balaban J connectivity index is 2.36. The van der Waals surface area contributed by atoms with Gasteiger partial charge in [0.2, 0.25) is 0 Å². The van der Waals surface area contributed by atoms with Crippen LogP contribution in [0.4, 0.5) is 10.1 Å². The predicted molar refractivity (Wildman–Crippen MR) is 67.8 cm³/mol. The van der Waals surface area contributed by atoms with Crippen molar-refractivity contribution in [2.75, 3.05) is 17.3 Å². The zero-order chi connectivity index (χ0) is 13.3. The maximum absolute atomic E-state index is 13.3. The van der Waals surface area contributed by atoms with Gasteiger partial charge in [-0.2, -0.15) is 0 Å². The van der Waals surface area contributed by atoms with Crippen LogP contribution in [-0.4, -0.2) is 24.1 Å². The Morgan fingerprint density at radius 2 is 2.00 bits per heavy atom. The van der Waals surface area contributed by atoms with Crippen molar-refractivity contribution >= 4 is 29.0 Å². The van der Waals surface area contributed by atoms with E-state index in [1.54, 1.807) is 6.92 Å². The van der Waals surface area contributed by atoms with Crippen LogP contribution in [0.1, 0.15) is 28.8 Å². The molecule has 0 aliphatic carbocycles. The molecule has 0 N–H and O–H groups in total. The van der Waals surface area contributed by atoms with E-state index in [-0.39, 0.29) is 5.56 Å². The lowest BCUT2D eigenvalue weighted by atomic mass is 10.1. The number of rotatable bonds is 4. The van der Waals surface area contributed by atoms with Crippen molar-refractivity contribution < 1.29 is 14.0 Å². The van der Waals surface area contributed by atoms with E-state index in [1.807, 2.05) is 0 Å². The molecular weight excluding hydrogens is 257 g/mol. The first kappa shape index (κ1) is 13.0. The summed E-state index contributed by atoms with van der Waals surface area (Å²) in [6.07, 6.45) is 1.49. The van der Waals surface area contributed by atoms with Crippen molar-refractivity contribution in [2.45, 2.75) is 19.8 Å². The number of alkyl halides is 1. The topological polar surface area (TPSA) is 37.4 Å². The van der Waals surface area contributed by atoms with Crippen LogP contribution in [0.15, 0.2) is 12.1 Å². The van der Waals surface area contributed by atoms with E-state index >= 15 is 0 Å². The Labute approximate surface area is 110 Å². The normalized spacial score (nSPS) is 14.3. The number of nitrogens with zero attached hydrogens (tertiary/aromatic N) is 1. The molecule has 0 saturated heterocycles. The van der Waals surface area contributed by atoms with Gasteiger partial charge in [-0.15, -0.1) is 11.6 Å². The number of unbranched alkanes of at least 4 members (excludes halogenated alkanes) is 1. The van der Waals surface area contributed by atoms with Crippen LogP contribution in [0.2, 0.25) is 0 Å². The third-order valence-corrected chi connectivity index (χ3v) is 3.25. The first-order chi connectivity index (χ1) is 8.56. The van der Waals surface area contributed by atoms with E-state index in [9.17, 15) is 14.0 Å². The summed E-state index contributed by atoms with van der Waals surface area (Å²) < 4.78 is 13.3. The molecule has 0 fully saturated rings. The molecule has 1 aromatic rings. The fourth-order valence-electron chi connectivity index (χ4n) is 2.18. The van der Waals surface area contributed by atoms with Crippen molar-refractivity contribution in [3.05, 3.63) is 29.1 Å².